The number of diazo groups is 1. The van der Waals surface area contributed by atoms with E-state index in [-0.39, 0.29) is 31.0 Å². The third-order valence-corrected chi connectivity index (χ3v) is 0.872. The fourth-order valence-corrected chi connectivity index (χ4v) is 0.495. The van der Waals surface area contributed by atoms with Crippen LogP contribution < -0.4 is 29.6 Å². The summed E-state index contributed by atoms with van der Waals surface area (Å²) in [4.78, 5) is 2.97. The Morgan fingerprint density at radius 2 is 1.78 bits per heavy atom. The SMILES string of the molecule is N#[N+]c1ccccc1.[H-].[Na+]. The second-order valence-corrected chi connectivity index (χ2v) is 1.44. The molecule has 0 aliphatic rings. The van der Waals surface area contributed by atoms with Crippen molar-refractivity contribution in [1.82, 2.24) is 0 Å². The normalized spacial score (nSPS) is 7.00. The van der Waals surface area contributed by atoms with Crippen LogP contribution in [0.25, 0.3) is 4.98 Å². The third kappa shape index (κ3) is 2.62. The number of rotatable bonds is 0. The van der Waals surface area contributed by atoms with Gasteiger partial charge in [-0.25, -0.2) is 0 Å². The Morgan fingerprint density at radius 1 is 1.22 bits per heavy atom. The Balaban J connectivity index is 0. The molecule has 2 nitrogen and oxygen atoms in total. The standard InChI is InChI=1S/C6H5N2.Na.H/c7-8-6-4-2-1-3-5-6;;/h1-5H;;/q2*+1;-1. The van der Waals surface area contributed by atoms with Crippen LogP contribution in [0.2, 0.25) is 0 Å². The summed E-state index contributed by atoms with van der Waals surface area (Å²) in [5.74, 6) is 0. The van der Waals surface area contributed by atoms with Gasteiger partial charge in [0.1, 0.15) is 0 Å². The molecule has 1 aromatic rings. The molecule has 0 amide bonds. The maximum Gasteiger partial charge on any atom is 1.00 e. The van der Waals surface area contributed by atoms with Gasteiger partial charge in [0.25, 0.3) is 0 Å². The first-order chi connectivity index (χ1) is 3.93. The summed E-state index contributed by atoms with van der Waals surface area (Å²) in [5.41, 5.74) is 0.590. The minimum atomic E-state index is 0. The van der Waals surface area contributed by atoms with E-state index in [4.69, 9.17) is 5.39 Å². The molecule has 1 rings (SSSR count). The van der Waals surface area contributed by atoms with Gasteiger partial charge in [0.2, 0.25) is 5.39 Å². The van der Waals surface area contributed by atoms with Crippen LogP contribution >= 0.6 is 0 Å². The van der Waals surface area contributed by atoms with Gasteiger partial charge in [-0.2, -0.15) is 0 Å². The summed E-state index contributed by atoms with van der Waals surface area (Å²) in [7, 11) is 0. The van der Waals surface area contributed by atoms with Gasteiger partial charge in [-0.3, -0.25) is 0 Å². The van der Waals surface area contributed by atoms with E-state index in [1.165, 1.54) is 0 Å². The van der Waals surface area contributed by atoms with Gasteiger partial charge in [0.15, 0.2) is 4.98 Å². The van der Waals surface area contributed by atoms with Crippen molar-refractivity contribution in [2.75, 3.05) is 0 Å². The van der Waals surface area contributed by atoms with Crippen LogP contribution in [0.1, 0.15) is 1.43 Å². The van der Waals surface area contributed by atoms with Crippen LogP contribution in [0.15, 0.2) is 30.3 Å². The molecule has 0 unspecified atom stereocenters. The molecule has 0 saturated carbocycles. The molecule has 0 N–H and O–H groups in total. The zero-order chi connectivity index (χ0) is 5.82. The number of hydrogen-bond acceptors (Lipinski definition) is 1. The Morgan fingerprint density at radius 3 is 2.11 bits per heavy atom. The van der Waals surface area contributed by atoms with E-state index in [2.05, 4.69) is 4.98 Å². The van der Waals surface area contributed by atoms with Crippen LogP contribution in [0.4, 0.5) is 5.69 Å². The predicted molar refractivity (Wildman–Crippen MR) is 32.3 cm³/mol. The maximum absolute atomic E-state index is 8.16. The summed E-state index contributed by atoms with van der Waals surface area (Å²) >= 11 is 0. The third-order valence-electron chi connectivity index (χ3n) is 0.872. The molecule has 0 radical (unpaired) electrons. The smallest absolute Gasteiger partial charge is 1.00 e. The molecule has 0 spiro atoms. The average Bonchev–Trinajstić information content (AvgIpc) is 1.90. The van der Waals surface area contributed by atoms with E-state index in [1.807, 2.05) is 18.2 Å². The molecule has 0 aliphatic heterocycles. The molecular formula is C6H6N2Na+. The van der Waals surface area contributed by atoms with Crippen molar-refractivity contribution in [2.24, 2.45) is 0 Å². The fraction of sp³-hybridized carbons (Fsp3) is 0. The monoisotopic (exact) mass is 129 g/mol. The van der Waals surface area contributed by atoms with E-state index < -0.39 is 0 Å². The van der Waals surface area contributed by atoms with Crippen LogP contribution in [0.5, 0.6) is 0 Å². The number of nitrogens with zero attached hydrogens (tertiary/aromatic N) is 2. The Bertz CT molecular complexity index is 207. The maximum atomic E-state index is 8.16. The van der Waals surface area contributed by atoms with E-state index in [0.29, 0.717) is 5.69 Å². The quantitative estimate of drug-likeness (QED) is 0.336. The van der Waals surface area contributed by atoms with Gasteiger partial charge in [-0.1, -0.05) is 18.2 Å². The minimum absolute atomic E-state index is 0. The molecule has 0 saturated heterocycles. The number of hydrogen-bond donors (Lipinski definition) is 0. The van der Waals surface area contributed by atoms with Gasteiger partial charge in [-0.05, 0) is 0 Å². The van der Waals surface area contributed by atoms with Gasteiger partial charge < -0.3 is 1.43 Å². The Labute approximate surface area is 77.3 Å². The molecule has 0 fully saturated rings. The zero-order valence-electron chi connectivity index (χ0n) is 6.28. The molecule has 0 atom stereocenters. The van der Waals surface area contributed by atoms with Crippen LogP contribution in [-0.2, 0) is 0 Å². The number of benzene rings is 1. The minimum Gasteiger partial charge on any atom is -1.00 e. The molecule has 9 heavy (non-hydrogen) atoms. The van der Waals surface area contributed by atoms with Crippen molar-refractivity contribution in [1.29, 1.82) is 5.39 Å². The fourth-order valence-electron chi connectivity index (χ4n) is 0.495. The van der Waals surface area contributed by atoms with Crippen molar-refractivity contribution in [2.45, 2.75) is 0 Å². The van der Waals surface area contributed by atoms with Gasteiger partial charge in [0, 0.05) is 12.1 Å². The van der Waals surface area contributed by atoms with E-state index >= 15 is 0 Å². The first-order valence-electron chi connectivity index (χ1n) is 2.33. The van der Waals surface area contributed by atoms with Crippen LogP contribution in [0, 0.1) is 5.39 Å². The Hall–Kier alpha value is -0.360. The van der Waals surface area contributed by atoms with Crippen molar-refractivity contribution >= 4 is 5.69 Å². The van der Waals surface area contributed by atoms with E-state index in [1.54, 1.807) is 12.1 Å². The topological polar surface area (TPSA) is 28.1 Å². The van der Waals surface area contributed by atoms with Crippen molar-refractivity contribution in [3.05, 3.63) is 35.3 Å². The molecule has 40 valence electrons. The largest absolute Gasteiger partial charge is 1.00 e. The van der Waals surface area contributed by atoms with E-state index in [0.717, 1.165) is 0 Å². The molecule has 3 heteroatoms. The molecular weight excluding hydrogens is 123 g/mol. The Kier molecular flexibility index (Phi) is 4.33. The van der Waals surface area contributed by atoms with Crippen LogP contribution in [0.3, 0.4) is 0 Å². The van der Waals surface area contributed by atoms with Gasteiger partial charge in [-0.15, -0.1) is 0 Å². The van der Waals surface area contributed by atoms with Crippen LogP contribution in [-0.4, -0.2) is 0 Å². The summed E-state index contributed by atoms with van der Waals surface area (Å²) in [6, 6.07) is 8.94. The summed E-state index contributed by atoms with van der Waals surface area (Å²) < 4.78 is 0. The average molecular weight is 129 g/mol. The second kappa shape index (κ2) is 4.51. The predicted octanol–water partition coefficient (Wildman–Crippen LogP) is -0.712. The first kappa shape index (κ1) is 8.64. The van der Waals surface area contributed by atoms with E-state index in [9.17, 15) is 0 Å². The molecule has 0 heterocycles. The summed E-state index contributed by atoms with van der Waals surface area (Å²) in [6.45, 7) is 0. The van der Waals surface area contributed by atoms with Crippen molar-refractivity contribution in [3.63, 3.8) is 0 Å². The van der Waals surface area contributed by atoms with Crippen molar-refractivity contribution in [3.8, 4) is 0 Å². The molecule has 0 bridgehead atoms. The summed E-state index contributed by atoms with van der Waals surface area (Å²) in [6.07, 6.45) is 0. The first-order valence-corrected chi connectivity index (χ1v) is 2.33. The van der Waals surface area contributed by atoms with Crippen molar-refractivity contribution < 1.29 is 31.0 Å². The molecule has 0 aliphatic carbocycles. The zero-order valence-corrected chi connectivity index (χ0v) is 7.28. The molecule has 0 aromatic heterocycles. The molecule has 1 aromatic carbocycles. The second-order valence-electron chi connectivity index (χ2n) is 1.44. The summed E-state index contributed by atoms with van der Waals surface area (Å²) in [5, 5.41) is 8.16. The van der Waals surface area contributed by atoms with Gasteiger partial charge >= 0.3 is 35.2 Å². The van der Waals surface area contributed by atoms with Gasteiger partial charge in [0.05, 0.1) is 0 Å².